The van der Waals surface area contributed by atoms with E-state index in [1.54, 1.807) is 21.9 Å². The standard InChI is InChI=1S/C17H22BrF3N4O3/c18-10-14(26)24(8-4-22)11-12-3-7-25(13-1-5-23-6-2-13)15(9-12)28-16(27)17(19,20)21/h1-2,5-6,12,15H,3-4,7-11,22H2. The van der Waals surface area contributed by atoms with Crippen molar-refractivity contribution in [3.05, 3.63) is 24.5 Å². The van der Waals surface area contributed by atoms with Crippen molar-refractivity contribution in [3.63, 3.8) is 0 Å². The molecule has 1 aromatic rings. The van der Waals surface area contributed by atoms with E-state index >= 15 is 0 Å². The number of aromatic nitrogens is 1. The van der Waals surface area contributed by atoms with E-state index in [1.165, 1.54) is 12.4 Å². The molecule has 0 radical (unpaired) electrons. The smallest absolute Gasteiger partial charge is 0.435 e. The maximum atomic E-state index is 12.7. The molecule has 11 heteroatoms. The highest BCUT2D eigenvalue weighted by Gasteiger charge is 2.44. The molecule has 0 spiro atoms. The zero-order valence-electron chi connectivity index (χ0n) is 15.1. The number of amides is 1. The number of nitrogens with zero attached hydrogens (tertiary/aromatic N) is 3. The Balaban J connectivity index is 2.15. The topological polar surface area (TPSA) is 88.8 Å². The summed E-state index contributed by atoms with van der Waals surface area (Å²) in [4.78, 5) is 30.5. The number of halogens is 4. The second-order valence-corrected chi connectivity index (χ2v) is 6.97. The summed E-state index contributed by atoms with van der Waals surface area (Å²) >= 11 is 3.12. The highest BCUT2D eigenvalue weighted by atomic mass is 79.9. The molecule has 0 saturated carbocycles. The minimum atomic E-state index is -5.08. The highest BCUT2D eigenvalue weighted by molar-refractivity contribution is 9.09. The fraction of sp³-hybridized carbons (Fsp3) is 0.588. The summed E-state index contributed by atoms with van der Waals surface area (Å²) in [6, 6.07) is 3.29. The minimum absolute atomic E-state index is 0.126. The van der Waals surface area contributed by atoms with Gasteiger partial charge in [0.25, 0.3) is 0 Å². The summed E-state index contributed by atoms with van der Waals surface area (Å²) in [6.45, 7) is 1.35. The van der Waals surface area contributed by atoms with Gasteiger partial charge in [0.15, 0.2) is 6.23 Å². The van der Waals surface area contributed by atoms with Crippen LogP contribution in [0.1, 0.15) is 12.8 Å². The summed E-state index contributed by atoms with van der Waals surface area (Å²) in [7, 11) is 0. The van der Waals surface area contributed by atoms with Crippen molar-refractivity contribution < 1.29 is 27.5 Å². The molecular formula is C17H22BrF3N4O3. The summed E-state index contributed by atoms with van der Waals surface area (Å²) in [6.07, 6.45) is -2.34. The fourth-order valence-electron chi connectivity index (χ4n) is 3.16. The number of hydrogen-bond acceptors (Lipinski definition) is 6. The average Bonchev–Trinajstić information content (AvgIpc) is 2.67. The maximum absolute atomic E-state index is 12.7. The van der Waals surface area contributed by atoms with Gasteiger partial charge in [-0.15, -0.1) is 0 Å². The number of carbonyl (C=O) groups is 2. The van der Waals surface area contributed by atoms with E-state index in [4.69, 9.17) is 10.5 Å². The molecule has 1 aliphatic heterocycles. The molecule has 1 aromatic heterocycles. The normalized spacial score (nSPS) is 20.0. The van der Waals surface area contributed by atoms with E-state index in [1.807, 2.05) is 0 Å². The van der Waals surface area contributed by atoms with E-state index in [9.17, 15) is 22.8 Å². The first kappa shape index (κ1) is 22.4. The fourth-order valence-corrected chi connectivity index (χ4v) is 3.52. The van der Waals surface area contributed by atoms with E-state index in [0.717, 1.165) is 0 Å². The number of anilines is 1. The summed E-state index contributed by atoms with van der Waals surface area (Å²) < 4.78 is 42.9. The number of carbonyl (C=O) groups excluding carboxylic acids is 2. The van der Waals surface area contributed by atoms with Gasteiger partial charge >= 0.3 is 12.1 Å². The highest BCUT2D eigenvalue weighted by Crippen LogP contribution is 2.31. The van der Waals surface area contributed by atoms with Gasteiger partial charge < -0.3 is 20.3 Å². The Morgan fingerprint density at radius 3 is 2.61 bits per heavy atom. The predicted molar refractivity (Wildman–Crippen MR) is 99.7 cm³/mol. The number of rotatable bonds is 7. The Bertz CT molecular complexity index is 663. The molecule has 0 aliphatic carbocycles. The van der Waals surface area contributed by atoms with Crippen molar-refractivity contribution in [3.8, 4) is 0 Å². The first-order valence-corrected chi connectivity index (χ1v) is 9.86. The van der Waals surface area contributed by atoms with Crippen LogP contribution in [-0.4, -0.2) is 65.7 Å². The molecule has 7 nitrogen and oxygen atoms in total. The van der Waals surface area contributed by atoms with Crippen LogP contribution in [0.25, 0.3) is 0 Å². The Kier molecular flexibility index (Phi) is 8.05. The lowest BCUT2D eigenvalue weighted by Crippen LogP contribution is -2.50. The second-order valence-electron chi connectivity index (χ2n) is 6.41. The maximum Gasteiger partial charge on any atom is 0.491 e. The first-order valence-electron chi connectivity index (χ1n) is 8.74. The van der Waals surface area contributed by atoms with Crippen LogP contribution < -0.4 is 10.6 Å². The zero-order valence-corrected chi connectivity index (χ0v) is 16.7. The van der Waals surface area contributed by atoms with Gasteiger partial charge in [-0.05, 0) is 24.5 Å². The molecule has 1 aliphatic rings. The molecule has 1 amide bonds. The molecule has 1 saturated heterocycles. The third kappa shape index (κ3) is 6.06. The molecule has 28 heavy (non-hydrogen) atoms. The molecular weight excluding hydrogens is 445 g/mol. The number of nitrogens with two attached hydrogens (primary N) is 1. The lowest BCUT2D eigenvalue weighted by molar-refractivity contribution is -0.206. The number of piperidine rings is 1. The number of ether oxygens (including phenoxy) is 1. The van der Waals surface area contributed by atoms with Crippen LogP contribution in [0.2, 0.25) is 0 Å². The number of hydrogen-bond donors (Lipinski definition) is 1. The molecule has 2 heterocycles. The van der Waals surface area contributed by atoms with Gasteiger partial charge in [-0.3, -0.25) is 9.78 Å². The molecule has 0 bridgehead atoms. The third-order valence-corrected chi connectivity index (χ3v) is 4.95. The SMILES string of the molecule is NCCN(CC1CCN(c2ccncc2)C(OC(=O)C(F)(F)F)C1)C(=O)CBr. The molecule has 2 unspecified atom stereocenters. The largest absolute Gasteiger partial charge is 0.491 e. The van der Waals surface area contributed by atoms with Crippen molar-refractivity contribution in [2.45, 2.75) is 25.2 Å². The van der Waals surface area contributed by atoms with E-state index in [-0.39, 0.29) is 30.1 Å². The van der Waals surface area contributed by atoms with Crippen LogP contribution in [0, 0.1) is 5.92 Å². The van der Waals surface area contributed by atoms with Gasteiger partial charge in [0.1, 0.15) is 0 Å². The Labute approximate surface area is 169 Å². The Morgan fingerprint density at radius 2 is 2.04 bits per heavy atom. The van der Waals surface area contributed by atoms with E-state index in [2.05, 4.69) is 20.9 Å². The van der Waals surface area contributed by atoms with Crippen LogP contribution in [-0.2, 0) is 14.3 Å². The van der Waals surface area contributed by atoms with E-state index < -0.39 is 18.4 Å². The van der Waals surface area contributed by atoms with Crippen LogP contribution in [0.15, 0.2) is 24.5 Å². The van der Waals surface area contributed by atoms with Gasteiger partial charge in [-0.25, -0.2) is 4.79 Å². The van der Waals surface area contributed by atoms with Gasteiger partial charge in [0, 0.05) is 50.7 Å². The average molecular weight is 467 g/mol. The van der Waals surface area contributed by atoms with Crippen molar-refractivity contribution in [1.82, 2.24) is 9.88 Å². The Morgan fingerprint density at radius 1 is 1.36 bits per heavy atom. The van der Waals surface area contributed by atoms with Crippen LogP contribution in [0.3, 0.4) is 0 Å². The number of alkyl halides is 4. The van der Waals surface area contributed by atoms with Crippen LogP contribution >= 0.6 is 15.9 Å². The summed E-state index contributed by atoms with van der Waals surface area (Å²) in [5, 5.41) is 0.134. The van der Waals surface area contributed by atoms with Crippen molar-refractivity contribution >= 4 is 33.5 Å². The lowest BCUT2D eigenvalue weighted by atomic mass is 9.94. The van der Waals surface area contributed by atoms with Gasteiger partial charge in [-0.1, -0.05) is 15.9 Å². The molecule has 1 fully saturated rings. The van der Waals surface area contributed by atoms with Gasteiger partial charge in [-0.2, -0.15) is 13.2 Å². The van der Waals surface area contributed by atoms with Crippen molar-refractivity contribution in [2.75, 3.05) is 36.4 Å². The second kappa shape index (κ2) is 10.1. The molecule has 2 atom stereocenters. The quantitative estimate of drug-likeness (QED) is 0.487. The summed E-state index contributed by atoms with van der Waals surface area (Å²) in [5.41, 5.74) is 6.16. The first-order chi connectivity index (χ1) is 13.3. The van der Waals surface area contributed by atoms with Gasteiger partial charge in [0.05, 0.1) is 5.33 Å². The molecule has 0 aromatic carbocycles. The van der Waals surface area contributed by atoms with E-state index in [0.29, 0.717) is 31.7 Å². The van der Waals surface area contributed by atoms with Gasteiger partial charge in [0.2, 0.25) is 5.91 Å². The third-order valence-electron chi connectivity index (χ3n) is 4.47. The molecule has 156 valence electrons. The number of pyridine rings is 1. The Hall–Kier alpha value is -1.88. The minimum Gasteiger partial charge on any atom is -0.435 e. The van der Waals surface area contributed by atoms with Crippen LogP contribution in [0.5, 0.6) is 0 Å². The van der Waals surface area contributed by atoms with Crippen LogP contribution in [0.4, 0.5) is 18.9 Å². The van der Waals surface area contributed by atoms with Crippen molar-refractivity contribution in [2.24, 2.45) is 11.7 Å². The number of esters is 1. The lowest BCUT2D eigenvalue weighted by Gasteiger charge is -2.41. The monoisotopic (exact) mass is 466 g/mol. The summed E-state index contributed by atoms with van der Waals surface area (Å²) in [5.74, 6) is -2.50. The predicted octanol–water partition coefficient (Wildman–Crippen LogP) is 1.91. The molecule has 2 rings (SSSR count). The molecule has 2 N–H and O–H groups in total. The van der Waals surface area contributed by atoms with Crippen molar-refractivity contribution in [1.29, 1.82) is 0 Å². The zero-order chi connectivity index (χ0) is 20.7.